The number of hydrogen-bond donors (Lipinski definition) is 1. The average molecular weight is 530 g/mol. The Morgan fingerprint density at radius 2 is 1.30 bits per heavy atom. The first-order valence-electron chi connectivity index (χ1n) is 13.6. The fourth-order valence-electron chi connectivity index (χ4n) is 5.00. The first-order chi connectivity index (χ1) is 19.5. The summed E-state index contributed by atoms with van der Waals surface area (Å²) in [4.78, 5) is 13.6. The van der Waals surface area contributed by atoms with Crippen molar-refractivity contribution >= 4 is 38.9 Å². The van der Waals surface area contributed by atoms with E-state index in [1.165, 1.54) is 5.56 Å². The van der Waals surface area contributed by atoms with Gasteiger partial charge in [-0.2, -0.15) is 0 Å². The lowest BCUT2D eigenvalue weighted by Crippen LogP contribution is -1.95. The van der Waals surface area contributed by atoms with Crippen LogP contribution in [-0.2, 0) is 13.0 Å². The Kier molecular flexibility index (Phi) is 6.78. The van der Waals surface area contributed by atoms with Gasteiger partial charge in [-0.05, 0) is 80.4 Å². The Morgan fingerprint density at radius 3 is 1.88 bits per heavy atom. The summed E-state index contributed by atoms with van der Waals surface area (Å²) in [7, 11) is 0. The predicted octanol–water partition coefficient (Wildman–Crippen LogP) is 8.20. The minimum Gasteiger partial charge on any atom is -0.436 e. The van der Waals surface area contributed by atoms with Crippen molar-refractivity contribution in [2.75, 3.05) is 5.73 Å². The van der Waals surface area contributed by atoms with Crippen LogP contribution in [0.4, 0.5) is 5.69 Å². The lowest BCUT2D eigenvalue weighted by atomic mass is 10.1. The summed E-state index contributed by atoms with van der Waals surface area (Å²) in [6, 6.07) is 27.7. The molecule has 2 N–H and O–H groups in total. The second-order valence-corrected chi connectivity index (χ2v) is 9.74. The maximum Gasteiger partial charge on any atom is 0.227 e. The molecule has 0 aliphatic carbocycles. The van der Waals surface area contributed by atoms with E-state index >= 15 is 0 Å². The number of nitrogen functional groups attached to an aromatic ring is 1. The van der Waals surface area contributed by atoms with Gasteiger partial charge in [-0.15, -0.1) is 0 Å². The molecule has 0 spiro atoms. The van der Waals surface area contributed by atoms with E-state index in [1.807, 2.05) is 79.7 Å². The molecule has 7 nitrogen and oxygen atoms in total. The summed E-state index contributed by atoms with van der Waals surface area (Å²) in [6.07, 6.45) is 2.09. The molecular formula is C33H31N5O2. The van der Waals surface area contributed by atoms with Crippen molar-refractivity contribution in [1.82, 2.24) is 19.5 Å². The van der Waals surface area contributed by atoms with E-state index in [0.29, 0.717) is 11.8 Å². The van der Waals surface area contributed by atoms with Gasteiger partial charge in [0.2, 0.25) is 11.8 Å². The largest absolute Gasteiger partial charge is 0.436 e. The lowest BCUT2D eigenvalue weighted by molar-refractivity contribution is 0.619. The molecule has 0 aliphatic heterocycles. The Labute approximate surface area is 232 Å². The van der Waals surface area contributed by atoms with Crippen LogP contribution in [0.3, 0.4) is 0 Å². The van der Waals surface area contributed by atoms with E-state index in [-0.39, 0.29) is 0 Å². The zero-order chi connectivity index (χ0) is 27.6. The number of imidazole rings is 1. The van der Waals surface area contributed by atoms with E-state index < -0.39 is 0 Å². The molecule has 7 rings (SSSR count). The first-order valence-corrected chi connectivity index (χ1v) is 13.6. The van der Waals surface area contributed by atoms with Crippen molar-refractivity contribution in [3.05, 3.63) is 96.3 Å². The number of hydrogen-bond acceptors (Lipinski definition) is 6. The van der Waals surface area contributed by atoms with Gasteiger partial charge >= 0.3 is 0 Å². The van der Waals surface area contributed by atoms with Gasteiger partial charge in [0.25, 0.3) is 0 Å². The van der Waals surface area contributed by atoms with E-state index in [2.05, 4.69) is 45.5 Å². The van der Waals surface area contributed by atoms with E-state index in [4.69, 9.17) is 14.6 Å². The Balaban J connectivity index is 0.000000145. The maximum atomic E-state index is 6.07. The highest BCUT2D eigenvalue weighted by atomic mass is 16.4. The van der Waals surface area contributed by atoms with Gasteiger partial charge in [-0.3, -0.25) is 0 Å². The summed E-state index contributed by atoms with van der Waals surface area (Å²) in [5.74, 6) is 2.29. The smallest absolute Gasteiger partial charge is 0.227 e. The molecule has 0 amide bonds. The highest BCUT2D eigenvalue weighted by Gasteiger charge is 2.12. The van der Waals surface area contributed by atoms with Gasteiger partial charge < -0.3 is 19.1 Å². The highest BCUT2D eigenvalue weighted by molar-refractivity contribution is 5.83. The number of anilines is 1. The van der Waals surface area contributed by atoms with Crippen molar-refractivity contribution in [2.45, 2.75) is 40.2 Å². The van der Waals surface area contributed by atoms with Gasteiger partial charge in [-0.1, -0.05) is 43.7 Å². The number of fused-ring (bicyclic) bond motifs is 3. The number of para-hydroxylation sites is 4. The van der Waals surface area contributed by atoms with Crippen LogP contribution >= 0.6 is 0 Å². The van der Waals surface area contributed by atoms with E-state index in [0.717, 1.165) is 75.3 Å². The van der Waals surface area contributed by atoms with Crippen molar-refractivity contribution in [2.24, 2.45) is 0 Å². The van der Waals surface area contributed by atoms with E-state index in [1.54, 1.807) is 0 Å². The SMILES string of the molecule is CCCc1ccc(-c2nc3ccccc3o2)cc1N.CCn1c(C)nc2cc(-c3nc4ccccc4o3)ccc21. The minimum absolute atomic E-state index is 0.621. The standard InChI is InChI=1S/C17H15N3O.C16H16N2O/c1-3-20-11(2)18-14-10-12(8-9-15(14)20)17-19-13-6-4-5-7-16(13)21-17;1-2-5-11-8-9-12(10-13(11)17)16-18-14-6-3-4-7-15(14)19-16/h4-10H,3H2,1-2H3;3-4,6-10H,2,5,17H2,1H3. The molecule has 0 bridgehead atoms. The molecule has 0 atom stereocenters. The van der Waals surface area contributed by atoms with Gasteiger partial charge in [0.05, 0.1) is 11.0 Å². The molecule has 0 aliphatic rings. The number of rotatable bonds is 5. The van der Waals surface area contributed by atoms with Crippen LogP contribution in [0.1, 0.15) is 31.7 Å². The Bertz CT molecular complexity index is 1880. The summed E-state index contributed by atoms with van der Waals surface area (Å²) < 4.78 is 13.8. The predicted molar refractivity (Wildman–Crippen MR) is 161 cm³/mol. The van der Waals surface area contributed by atoms with Gasteiger partial charge in [0.15, 0.2) is 11.2 Å². The third-order valence-corrected chi connectivity index (χ3v) is 7.00. The summed E-state index contributed by atoms with van der Waals surface area (Å²) in [5, 5.41) is 0. The average Bonchev–Trinajstić information content (AvgIpc) is 3.68. The van der Waals surface area contributed by atoms with Crippen LogP contribution in [0.25, 0.3) is 56.1 Å². The minimum atomic E-state index is 0.621. The van der Waals surface area contributed by atoms with Crippen LogP contribution in [0, 0.1) is 6.92 Å². The summed E-state index contributed by atoms with van der Waals surface area (Å²) in [5.41, 5.74) is 15.4. The van der Waals surface area contributed by atoms with E-state index in [9.17, 15) is 0 Å². The van der Waals surface area contributed by atoms with Gasteiger partial charge in [0, 0.05) is 23.4 Å². The molecule has 40 heavy (non-hydrogen) atoms. The first kappa shape index (κ1) is 25.4. The second-order valence-electron chi connectivity index (χ2n) is 9.74. The van der Waals surface area contributed by atoms with Gasteiger partial charge in [-0.25, -0.2) is 15.0 Å². The number of aromatic nitrogens is 4. The summed E-state index contributed by atoms with van der Waals surface area (Å²) >= 11 is 0. The molecule has 0 unspecified atom stereocenters. The van der Waals surface area contributed by atoms with Crippen molar-refractivity contribution in [3.63, 3.8) is 0 Å². The third-order valence-electron chi connectivity index (χ3n) is 7.00. The van der Waals surface area contributed by atoms with Gasteiger partial charge in [0.1, 0.15) is 16.9 Å². The number of nitrogens with zero attached hydrogens (tertiary/aromatic N) is 4. The molecule has 7 heteroatoms. The summed E-state index contributed by atoms with van der Waals surface area (Å²) in [6.45, 7) is 7.23. The molecule has 200 valence electrons. The second kappa shape index (κ2) is 10.7. The Morgan fingerprint density at radius 1 is 0.700 bits per heavy atom. The molecule has 0 fully saturated rings. The molecule has 3 aromatic heterocycles. The molecule has 7 aromatic rings. The highest BCUT2D eigenvalue weighted by Crippen LogP contribution is 2.28. The van der Waals surface area contributed by atoms with Crippen LogP contribution in [0.5, 0.6) is 0 Å². The maximum absolute atomic E-state index is 6.07. The number of aryl methyl sites for hydroxylation is 3. The molecule has 0 saturated carbocycles. The normalized spacial score (nSPS) is 11.3. The van der Waals surface area contributed by atoms with Crippen LogP contribution in [-0.4, -0.2) is 19.5 Å². The molecule has 0 radical (unpaired) electrons. The van der Waals surface area contributed by atoms with Crippen molar-refractivity contribution < 1.29 is 8.83 Å². The number of oxazole rings is 2. The van der Waals surface area contributed by atoms with Crippen molar-refractivity contribution in [1.29, 1.82) is 0 Å². The fraction of sp³-hybridized carbons (Fsp3) is 0.182. The van der Waals surface area contributed by atoms with Crippen molar-refractivity contribution in [3.8, 4) is 22.9 Å². The fourth-order valence-corrected chi connectivity index (χ4v) is 5.00. The molecule has 4 aromatic carbocycles. The zero-order valence-electron chi connectivity index (χ0n) is 22.9. The molecule has 0 saturated heterocycles. The topological polar surface area (TPSA) is 95.9 Å². The zero-order valence-corrected chi connectivity index (χ0v) is 22.9. The van der Waals surface area contributed by atoms with Crippen LogP contribution < -0.4 is 5.73 Å². The van der Waals surface area contributed by atoms with Crippen LogP contribution in [0.2, 0.25) is 0 Å². The lowest BCUT2D eigenvalue weighted by Gasteiger charge is -2.05. The third kappa shape index (κ3) is 4.82. The number of benzene rings is 4. The Hall–Kier alpha value is -4.91. The monoisotopic (exact) mass is 529 g/mol. The van der Waals surface area contributed by atoms with Crippen LogP contribution in [0.15, 0.2) is 93.8 Å². The molecular weight excluding hydrogens is 498 g/mol. The molecule has 3 heterocycles. The number of nitrogens with two attached hydrogens (primary N) is 1. The quantitative estimate of drug-likeness (QED) is 0.226.